The third-order valence-electron chi connectivity index (χ3n) is 1.80. The zero-order valence-corrected chi connectivity index (χ0v) is 8.41. The summed E-state index contributed by atoms with van der Waals surface area (Å²) < 4.78 is 6.44. The lowest BCUT2D eigenvalue weighted by atomic mass is 10.3. The number of benzene rings is 1. The summed E-state index contributed by atoms with van der Waals surface area (Å²) in [5.74, 6) is 0.718. The molecule has 0 fully saturated rings. The molecule has 0 aliphatic carbocycles. The number of hydrogen-bond donors (Lipinski definition) is 0. The van der Waals surface area contributed by atoms with Crippen molar-refractivity contribution in [2.24, 2.45) is 0 Å². The molecule has 1 aromatic carbocycles. The minimum Gasteiger partial charge on any atom is -0.476 e. The standard InChI is InChI=1S/C10H8N2OS/c1-7(5-11)13-8-2-3-9-10(4-8)14-6-12-9/h2-4,6-7H,1H3. The molecule has 4 heteroatoms. The predicted octanol–water partition coefficient (Wildman–Crippen LogP) is 2.59. The van der Waals surface area contributed by atoms with E-state index in [9.17, 15) is 0 Å². The molecule has 14 heavy (non-hydrogen) atoms. The number of rotatable bonds is 2. The van der Waals surface area contributed by atoms with E-state index in [1.165, 1.54) is 0 Å². The molecule has 0 saturated heterocycles. The van der Waals surface area contributed by atoms with Gasteiger partial charge >= 0.3 is 0 Å². The van der Waals surface area contributed by atoms with E-state index in [0.29, 0.717) is 0 Å². The first-order chi connectivity index (χ1) is 6.79. The molecule has 0 aliphatic heterocycles. The van der Waals surface area contributed by atoms with Crippen LogP contribution in [0.25, 0.3) is 10.2 Å². The van der Waals surface area contributed by atoms with E-state index in [1.54, 1.807) is 23.8 Å². The van der Waals surface area contributed by atoms with E-state index in [0.717, 1.165) is 16.0 Å². The summed E-state index contributed by atoms with van der Waals surface area (Å²) in [5, 5.41) is 8.58. The highest BCUT2D eigenvalue weighted by molar-refractivity contribution is 7.16. The summed E-state index contributed by atoms with van der Waals surface area (Å²) in [4.78, 5) is 4.16. The maximum absolute atomic E-state index is 8.58. The minimum absolute atomic E-state index is 0.416. The molecule has 2 aromatic rings. The van der Waals surface area contributed by atoms with Crippen LogP contribution in [0.4, 0.5) is 0 Å². The molecule has 0 radical (unpaired) electrons. The number of hydrogen-bond acceptors (Lipinski definition) is 4. The van der Waals surface area contributed by atoms with Crippen LogP contribution in [-0.4, -0.2) is 11.1 Å². The van der Waals surface area contributed by atoms with Gasteiger partial charge in [0.05, 0.1) is 15.7 Å². The second kappa shape index (κ2) is 3.64. The quantitative estimate of drug-likeness (QED) is 0.755. The number of thiazole rings is 1. The first-order valence-corrected chi connectivity index (χ1v) is 5.07. The molecule has 0 spiro atoms. The second-order valence-electron chi connectivity index (χ2n) is 2.87. The molecule has 0 bridgehead atoms. The van der Waals surface area contributed by atoms with Crippen molar-refractivity contribution >= 4 is 21.6 Å². The fraction of sp³-hybridized carbons (Fsp3) is 0.200. The smallest absolute Gasteiger partial charge is 0.181 e. The summed E-state index contributed by atoms with van der Waals surface area (Å²) in [6.07, 6.45) is -0.416. The first-order valence-electron chi connectivity index (χ1n) is 4.19. The Kier molecular flexibility index (Phi) is 2.33. The minimum atomic E-state index is -0.416. The normalized spacial score (nSPS) is 12.3. The van der Waals surface area contributed by atoms with Crippen LogP contribution in [0.5, 0.6) is 5.75 Å². The van der Waals surface area contributed by atoms with Gasteiger partial charge in [-0.25, -0.2) is 4.98 Å². The summed E-state index contributed by atoms with van der Waals surface area (Å²) in [5.41, 5.74) is 2.76. The molecule has 0 N–H and O–H groups in total. The lowest BCUT2D eigenvalue weighted by molar-refractivity contribution is 0.277. The van der Waals surface area contributed by atoms with Crippen molar-refractivity contribution in [3.63, 3.8) is 0 Å². The zero-order valence-electron chi connectivity index (χ0n) is 7.60. The second-order valence-corrected chi connectivity index (χ2v) is 3.76. The maximum atomic E-state index is 8.58. The molecule has 70 valence electrons. The topological polar surface area (TPSA) is 45.9 Å². The third-order valence-corrected chi connectivity index (χ3v) is 2.59. The summed E-state index contributed by atoms with van der Waals surface area (Å²) in [6, 6.07) is 7.65. The van der Waals surface area contributed by atoms with Gasteiger partial charge < -0.3 is 4.74 Å². The van der Waals surface area contributed by atoms with Crippen LogP contribution in [0.3, 0.4) is 0 Å². The van der Waals surface area contributed by atoms with Gasteiger partial charge in [-0.3, -0.25) is 0 Å². The number of ether oxygens (including phenoxy) is 1. The fourth-order valence-electron chi connectivity index (χ4n) is 1.14. The number of nitriles is 1. The van der Waals surface area contributed by atoms with Crippen LogP contribution < -0.4 is 4.74 Å². The van der Waals surface area contributed by atoms with Gasteiger partial charge in [0, 0.05) is 0 Å². The van der Waals surface area contributed by atoms with Crippen molar-refractivity contribution in [2.75, 3.05) is 0 Å². The van der Waals surface area contributed by atoms with Crippen molar-refractivity contribution < 1.29 is 4.74 Å². The Balaban J connectivity index is 2.31. The van der Waals surface area contributed by atoms with E-state index in [2.05, 4.69) is 4.98 Å². The Morgan fingerprint density at radius 3 is 3.21 bits per heavy atom. The average molecular weight is 204 g/mol. The van der Waals surface area contributed by atoms with E-state index in [1.807, 2.05) is 24.3 Å². The molecule has 1 atom stereocenters. The maximum Gasteiger partial charge on any atom is 0.181 e. The Morgan fingerprint density at radius 1 is 1.57 bits per heavy atom. The van der Waals surface area contributed by atoms with Crippen molar-refractivity contribution in [2.45, 2.75) is 13.0 Å². The van der Waals surface area contributed by atoms with Gasteiger partial charge in [0.1, 0.15) is 11.8 Å². The highest BCUT2D eigenvalue weighted by Gasteiger charge is 2.03. The zero-order chi connectivity index (χ0) is 9.97. The average Bonchev–Trinajstić information content (AvgIpc) is 2.64. The molecule has 1 heterocycles. The van der Waals surface area contributed by atoms with Crippen LogP contribution in [0.15, 0.2) is 23.7 Å². The summed E-state index contributed by atoms with van der Waals surface area (Å²) >= 11 is 1.56. The van der Waals surface area contributed by atoms with E-state index < -0.39 is 6.10 Å². The van der Waals surface area contributed by atoms with Crippen molar-refractivity contribution in [3.8, 4) is 11.8 Å². The lowest BCUT2D eigenvalue weighted by Crippen LogP contribution is -2.07. The Hall–Kier alpha value is -1.60. The van der Waals surface area contributed by atoms with Gasteiger partial charge in [0.25, 0.3) is 0 Å². The molecule has 1 unspecified atom stereocenters. The van der Waals surface area contributed by atoms with Crippen molar-refractivity contribution in [1.82, 2.24) is 4.98 Å². The van der Waals surface area contributed by atoms with Gasteiger partial charge in [-0.2, -0.15) is 5.26 Å². The summed E-state index contributed by atoms with van der Waals surface area (Å²) in [7, 11) is 0. The molecule has 0 saturated carbocycles. The number of nitrogens with zero attached hydrogens (tertiary/aromatic N) is 2. The number of fused-ring (bicyclic) bond motifs is 1. The largest absolute Gasteiger partial charge is 0.476 e. The van der Waals surface area contributed by atoms with Crippen molar-refractivity contribution in [1.29, 1.82) is 5.26 Å². The predicted molar refractivity (Wildman–Crippen MR) is 55.3 cm³/mol. The highest BCUT2D eigenvalue weighted by atomic mass is 32.1. The molecular formula is C10H8N2OS. The van der Waals surface area contributed by atoms with Gasteiger partial charge in [0.2, 0.25) is 0 Å². The fourth-order valence-corrected chi connectivity index (χ4v) is 1.84. The molecule has 0 amide bonds. The SMILES string of the molecule is CC(C#N)Oc1ccc2ncsc2c1. The van der Waals surface area contributed by atoms with E-state index in [4.69, 9.17) is 10.00 Å². The van der Waals surface area contributed by atoms with E-state index >= 15 is 0 Å². The number of aromatic nitrogens is 1. The Morgan fingerprint density at radius 2 is 2.43 bits per heavy atom. The monoisotopic (exact) mass is 204 g/mol. The first kappa shape index (κ1) is 8.97. The highest BCUT2D eigenvalue weighted by Crippen LogP contribution is 2.23. The van der Waals surface area contributed by atoms with Gasteiger partial charge in [0.15, 0.2) is 6.10 Å². The third kappa shape index (κ3) is 1.68. The summed E-state index contributed by atoms with van der Waals surface area (Å²) in [6.45, 7) is 1.72. The molecular weight excluding hydrogens is 196 g/mol. The van der Waals surface area contributed by atoms with Crippen molar-refractivity contribution in [3.05, 3.63) is 23.7 Å². The molecule has 0 aliphatic rings. The van der Waals surface area contributed by atoms with Crippen LogP contribution in [0.1, 0.15) is 6.92 Å². The Bertz CT molecular complexity index is 486. The van der Waals surface area contributed by atoms with E-state index in [-0.39, 0.29) is 0 Å². The van der Waals surface area contributed by atoms with Gasteiger partial charge in [-0.1, -0.05) is 0 Å². The van der Waals surface area contributed by atoms with Crippen LogP contribution in [0.2, 0.25) is 0 Å². The van der Waals surface area contributed by atoms with Crippen LogP contribution in [-0.2, 0) is 0 Å². The Labute approximate surface area is 85.6 Å². The van der Waals surface area contributed by atoms with Gasteiger partial charge in [-0.05, 0) is 25.1 Å². The lowest BCUT2D eigenvalue weighted by Gasteiger charge is -2.06. The van der Waals surface area contributed by atoms with Crippen LogP contribution in [0, 0.1) is 11.3 Å². The molecule has 2 rings (SSSR count). The van der Waals surface area contributed by atoms with Gasteiger partial charge in [-0.15, -0.1) is 11.3 Å². The van der Waals surface area contributed by atoms with Crippen LogP contribution >= 0.6 is 11.3 Å². The molecule has 3 nitrogen and oxygen atoms in total. The molecule has 1 aromatic heterocycles.